The Bertz CT molecular complexity index is 850. The first-order valence-corrected chi connectivity index (χ1v) is 10.1. The van der Waals surface area contributed by atoms with E-state index in [1.165, 1.54) is 10.5 Å². The number of primary sulfonamides is 1. The molecule has 0 unspecified atom stereocenters. The number of carbonyl (C=O) groups is 1. The van der Waals surface area contributed by atoms with E-state index in [0.717, 1.165) is 18.8 Å². The van der Waals surface area contributed by atoms with Gasteiger partial charge in [0.1, 0.15) is 5.82 Å². The van der Waals surface area contributed by atoms with Crippen LogP contribution >= 0.6 is 0 Å². The van der Waals surface area contributed by atoms with Gasteiger partial charge >= 0.3 is 6.03 Å². The van der Waals surface area contributed by atoms with Crippen LogP contribution in [0, 0.1) is 0 Å². The zero-order valence-corrected chi connectivity index (χ0v) is 15.2. The lowest BCUT2D eigenvalue weighted by Crippen LogP contribution is -2.40. The maximum Gasteiger partial charge on any atom is 0.317 e. The number of nitrogens with two attached hydrogens (primary N) is 1. The van der Waals surface area contributed by atoms with Gasteiger partial charge in [0.25, 0.3) is 0 Å². The second kappa shape index (κ2) is 7.88. The Morgan fingerprint density at radius 3 is 2.77 bits per heavy atom. The van der Waals surface area contributed by atoms with Gasteiger partial charge in [-0.05, 0) is 18.4 Å². The molecular weight excluding hydrogens is 354 g/mol. The Hall–Kier alpha value is -2.39. The second-order valence-electron chi connectivity index (χ2n) is 6.38. The van der Waals surface area contributed by atoms with Crippen molar-refractivity contribution in [3.8, 4) is 0 Å². The number of aryl methyl sites for hydroxylation is 2. The molecule has 8 nitrogen and oxygen atoms in total. The number of sulfonamides is 1. The van der Waals surface area contributed by atoms with E-state index in [2.05, 4.69) is 22.4 Å². The van der Waals surface area contributed by atoms with E-state index < -0.39 is 15.3 Å². The highest BCUT2D eigenvalue weighted by Gasteiger charge is 2.33. The number of hydrogen-bond acceptors (Lipinski definition) is 4. The zero-order valence-electron chi connectivity index (χ0n) is 14.4. The lowest BCUT2D eigenvalue weighted by Gasteiger charge is -2.17. The molecule has 1 aliphatic rings. The van der Waals surface area contributed by atoms with Crippen molar-refractivity contribution in [3.05, 3.63) is 54.1 Å². The average molecular weight is 377 g/mol. The van der Waals surface area contributed by atoms with Crippen LogP contribution in [-0.2, 0) is 29.5 Å². The molecule has 3 N–H and O–H groups in total. The van der Waals surface area contributed by atoms with E-state index in [-0.39, 0.29) is 19.1 Å². The molecule has 0 saturated carbocycles. The van der Waals surface area contributed by atoms with Gasteiger partial charge in [0.15, 0.2) is 0 Å². The molecule has 1 aliphatic heterocycles. The van der Waals surface area contributed by atoms with Gasteiger partial charge in [-0.15, -0.1) is 0 Å². The summed E-state index contributed by atoms with van der Waals surface area (Å²) in [5.74, 6) is 0.761. The topological polar surface area (TPSA) is 110 Å². The van der Waals surface area contributed by atoms with Crippen molar-refractivity contribution in [1.82, 2.24) is 19.8 Å². The summed E-state index contributed by atoms with van der Waals surface area (Å²) in [6, 6.07) is 9.86. The predicted molar refractivity (Wildman–Crippen MR) is 97.7 cm³/mol. The third-order valence-electron chi connectivity index (χ3n) is 4.58. The number of nitrogens with one attached hydrogen (secondary N) is 1. The molecule has 0 radical (unpaired) electrons. The first-order chi connectivity index (χ1) is 12.4. The molecule has 1 fully saturated rings. The van der Waals surface area contributed by atoms with Gasteiger partial charge in [-0.1, -0.05) is 30.3 Å². The van der Waals surface area contributed by atoms with Crippen LogP contribution in [-0.4, -0.2) is 47.2 Å². The highest BCUT2D eigenvalue weighted by Crippen LogP contribution is 2.15. The zero-order chi connectivity index (χ0) is 18.6. The smallest absolute Gasteiger partial charge is 0.317 e. The molecule has 0 bridgehead atoms. The monoisotopic (exact) mass is 377 g/mol. The summed E-state index contributed by atoms with van der Waals surface area (Å²) in [6.45, 7) is 1.58. The second-order valence-corrected chi connectivity index (χ2v) is 8.22. The van der Waals surface area contributed by atoms with E-state index >= 15 is 0 Å². The van der Waals surface area contributed by atoms with Crippen LogP contribution in [0.3, 0.4) is 0 Å². The molecule has 0 aliphatic carbocycles. The van der Waals surface area contributed by atoms with Crippen molar-refractivity contribution in [2.45, 2.75) is 31.2 Å². The largest absolute Gasteiger partial charge is 0.333 e. The number of carbonyl (C=O) groups excluding carboxylic acids is 1. The third-order valence-corrected chi connectivity index (χ3v) is 5.89. The van der Waals surface area contributed by atoms with Gasteiger partial charge in [-0.2, -0.15) is 0 Å². The van der Waals surface area contributed by atoms with Crippen LogP contribution in [0.15, 0.2) is 42.7 Å². The predicted octanol–water partition coefficient (Wildman–Crippen LogP) is 0.698. The van der Waals surface area contributed by atoms with E-state index in [1.54, 1.807) is 6.20 Å². The fourth-order valence-corrected chi connectivity index (χ4v) is 3.87. The van der Waals surface area contributed by atoms with Crippen LogP contribution < -0.4 is 10.5 Å². The minimum atomic E-state index is -3.61. The van der Waals surface area contributed by atoms with E-state index in [0.29, 0.717) is 13.0 Å². The SMILES string of the molecule is NS(=O)(=O)[C@@H]1CCN(C(=O)NCc2nccn2CCc2ccccc2)C1. The van der Waals surface area contributed by atoms with Crippen molar-refractivity contribution < 1.29 is 13.2 Å². The van der Waals surface area contributed by atoms with E-state index in [1.807, 2.05) is 29.0 Å². The van der Waals surface area contributed by atoms with Crippen LogP contribution in [0.4, 0.5) is 4.79 Å². The Kier molecular flexibility index (Phi) is 5.58. The molecule has 26 heavy (non-hydrogen) atoms. The summed E-state index contributed by atoms with van der Waals surface area (Å²) in [5.41, 5.74) is 1.24. The van der Waals surface area contributed by atoms with Crippen LogP contribution in [0.1, 0.15) is 17.8 Å². The number of aromatic nitrogens is 2. The molecule has 2 aromatic rings. The fourth-order valence-electron chi connectivity index (χ4n) is 3.05. The molecular formula is C17H23N5O3S. The summed E-state index contributed by atoms with van der Waals surface area (Å²) in [5, 5.41) is 7.28. The lowest BCUT2D eigenvalue weighted by atomic mass is 10.1. The molecule has 0 spiro atoms. The standard InChI is InChI=1S/C17H23N5O3S/c18-26(24,25)15-7-10-22(13-15)17(23)20-12-16-19-8-11-21(16)9-6-14-4-2-1-3-5-14/h1-5,8,11,15H,6-7,9-10,12-13H2,(H,20,23)(H2,18,24,25)/t15-/m1/s1. The van der Waals surface area contributed by atoms with E-state index in [4.69, 9.17) is 5.14 Å². The van der Waals surface area contributed by atoms with Crippen LogP contribution in [0.2, 0.25) is 0 Å². The maximum absolute atomic E-state index is 12.2. The first kappa shape index (κ1) is 18.4. The van der Waals surface area contributed by atoms with Gasteiger partial charge in [0.2, 0.25) is 10.0 Å². The molecule has 1 atom stereocenters. The van der Waals surface area contributed by atoms with Crippen molar-refractivity contribution in [2.24, 2.45) is 5.14 Å². The number of nitrogens with zero attached hydrogens (tertiary/aromatic N) is 3. The summed E-state index contributed by atoms with van der Waals surface area (Å²) < 4.78 is 24.8. The highest BCUT2D eigenvalue weighted by atomic mass is 32.2. The van der Waals surface area contributed by atoms with Gasteiger partial charge < -0.3 is 14.8 Å². The molecule has 9 heteroatoms. The Morgan fingerprint density at radius 1 is 1.31 bits per heavy atom. The Labute approximate surface area is 153 Å². The number of benzene rings is 1. The summed E-state index contributed by atoms with van der Waals surface area (Å²) >= 11 is 0. The van der Waals surface area contributed by atoms with Crippen LogP contribution in [0.25, 0.3) is 0 Å². The Balaban J connectivity index is 1.51. The normalized spacial score (nSPS) is 17.4. The van der Waals surface area contributed by atoms with Crippen LogP contribution in [0.5, 0.6) is 0 Å². The lowest BCUT2D eigenvalue weighted by molar-refractivity contribution is 0.208. The Morgan fingerprint density at radius 2 is 2.08 bits per heavy atom. The number of urea groups is 1. The van der Waals surface area contributed by atoms with Crippen molar-refractivity contribution in [1.29, 1.82) is 0 Å². The van der Waals surface area contributed by atoms with E-state index in [9.17, 15) is 13.2 Å². The molecule has 1 saturated heterocycles. The molecule has 2 amide bonds. The highest BCUT2D eigenvalue weighted by molar-refractivity contribution is 7.89. The molecule has 1 aromatic heterocycles. The number of rotatable bonds is 6. The minimum absolute atomic E-state index is 0.132. The quantitative estimate of drug-likeness (QED) is 0.772. The maximum atomic E-state index is 12.2. The van der Waals surface area contributed by atoms with Gasteiger partial charge in [0, 0.05) is 32.0 Å². The number of likely N-dealkylation sites (tertiary alicyclic amines) is 1. The number of amides is 2. The number of imidazole rings is 1. The summed E-state index contributed by atoms with van der Waals surface area (Å²) in [6.07, 6.45) is 4.84. The molecule has 140 valence electrons. The molecule has 3 rings (SSSR count). The minimum Gasteiger partial charge on any atom is -0.333 e. The van der Waals surface area contributed by atoms with Gasteiger partial charge in [-0.3, -0.25) is 0 Å². The van der Waals surface area contributed by atoms with Gasteiger partial charge in [0.05, 0.1) is 11.8 Å². The summed E-state index contributed by atoms with van der Waals surface area (Å²) in [4.78, 5) is 18.0. The molecule has 2 heterocycles. The van der Waals surface area contributed by atoms with Crippen molar-refractivity contribution >= 4 is 16.1 Å². The first-order valence-electron chi connectivity index (χ1n) is 8.52. The van der Waals surface area contributed by atoms with Crippen molar-refractivity contribution in [3.63, 3.8) is 0 Å². The summed E-state index contributed by atoms with van der Waals surface area (Å²) in [7, 11) is -3.61. The van der Waals surface area contributed by atoms with Gasteiger partial charge in [-0.25, -0.2) is 23.3 Å². The fraction of sp³-hybridized carbons (Fsp3) is 0.412. The molecule has 1 aromatic carbocycles. The number of hydrogen-bond donors (Lipinski definition) is 2. The van der Waals surface area contributed by atoms with Crippen molar-refractivity contribution in [2.75, 3.05) is 13.1 Å². The average Bonchev–Trinajstić information content (AvgIpc) is 3.28. The third kappa shape index (κ3) is 4.61.